The molecule has 0 spiro atoms. The van der Waals surface area contributed by atoms with Gasteiger partial charge in [-0.15, -0.1) is 0 Å². The molecule has 4 aliphatic rings. The third-order valence-electron chi connectivity index (χ3n) is 9.53. The minimum absolute atomic E-state index is 0.160. The highest BCUT2D eigenvalue weighted by Gasteiger charge is 2.48. The molecule has 2 aromatic carbocycles. The number of anilines is 1. The van der Waals surface area contributed by atoms with E-state index in [-0.39, 0.29) is 28.9 Å². The van der Waals surface area contributed by atoms with Crippen molar-refractivity contribution in [2.45, 2.75) is 55.8 Å². The first kappa shape index (κ1) is 25.6. The number of piperazine rings is 1. The molecule has 2 bridgehead atoms. The van der Waals surface area contributed by atoms with Gasteiger partial charge in [0.05, 0.1) is 17.0 Å². The maximum atomic E-state index is 16.6. The highest BCUT2D eigenvalue weighted by molar-refractivity contribution is 6.36. The van der Waals surface area contributed by atoms with Gasteiger partial charge >= 0.3 is 6.01 Å². The van der Waals surface area contributed by atoms with Gasteiger partial charge in [0, 0.05) is 53.9 Å². The number of rotatable bonds is 5. The van der Waals surface area contributed by atoms with Crippen LogP contribution in [0.4, 0.5) is 10.2 Å². The number of pyridine rings is 1. The summed E-state index contributed by atoms with van der Waals surface area (Å²) in [5.74, 6) is 0.142. The normalized spacial score (nSPS) is 27.7. The zero-order valence-electron chi connectivity index (χ0n) is 22.7. The van der Waals surface area contributed by atoms with Crippen LogP contribution in [0.15, 0.2) is 42.6 Å². The number of aliphatic hydroxyl groups is 1. The SMILES string of the molecule is OC1CN2CCCC2(COc2nc(N3C[C@H]4CC[C@@H](C3)N4)c3cnc(-c4cccc5cccc(Cl)c45)c(F)c3n2)C1. The standard InChI is InChI=1S/C31H32ClFN6O2/c32-24-7-2-5-18-4-1-6-22(25(18)24)27-26(33)28-23(13-34-27)29(38-14-19-8-9-20(15-38)35-19)37-30(36-28)41-17-31-10-3-11-39(31)16-21(40)12-31/h1-2,4-7,13,19-21,35,40H,3,8-12,14-17H2/t19-,20+,21?,31?. The van der Waals surface area contributed by atoms with Gasteiger partial charge < -0.3 is 20.1 Å². The lowest BCUT2D eigenvalue weighted by atomic mass is 9.94. The van der Waals surface area contributed by atoms with Gasteiger partial charge in [-0.25, -0.2) is 4.39 Å². The van der Waals surface area contributed by atoms with Crippen molar-refractivity contribution in [3.63, 3.8) is 0 Å². The molecule has 10 heteroatoms. The van der Waals surface area contributed by atoms with E-state index in [1.165, 1.54) is 0 Å². The van der Waals surface area contributed by atoms with Crippen LogP contribution in [0.5, 0.6) is 6.01 Å². The van der Waals surface area contributed by atoms with Gasteiger partial charge in [-0.1, -0.05) is 41.9 Å². The number of hydrogen-bond donors (Lipinski definition) is 2. The number of β-amino-alcohol motifs (C(OH)–C–C–N with tert-alkyl or cyclic N) is 1. The topological polar surface area (TPSA) is 86.6 Å². The van der Waals surface area contributed by atoms with Crippen LogP contribution in [-0.2, 0) is 0 Å². The lowest BCUT2D eigenvalue weighted by Crippen LogP contribution is -2.51. The highest BCUT2D eigenvalue weighted by Crippen LogP contribution is 2.41. The van der Waals surface area contributed by atoms with Gasteiger partial charge in [-0.3, -0.25) is 9.88 Å². The van der Waals surface area contributed by atoms with E-state index in [9.17, 15) is 5.11 Å². The fourth-order valence-electron chi connectivity index (χ4n) is 7.67. The number of fused-ring (bicyclic) bond motifs is 5. The fourth-order valence-corrected chi connectivity index (χ4v) is 7.95. The van der Waals surface area contributed by atoms with Crippen molar-refractivity contribution in [1.29, 1.82) is 0 Å². The molecule has 0 saturated carbocycles. The zero-order chi connectivity index (χ0) is 27.7. The molecule has 2 N–H and O–H groups in total. The minimum atomic E-state index is -0.515. The largest absolute Gasteiger partial charge is 0.461 e. The van der Waals surface area contributed by atoms with Gasteiger partial charge in [0.1, 0.15) is 23.6 Å². The number of hydrogen-bond acceptors (Lipinski definition) is 8. The van der Waals surface area contributed by atoms with Gasteiger partial charge in [-0.2, -0.15) is 9.97 Å². The molecule has 2 aromatic heterocycles. The molecular formula is C31H32ClFN6O2. The number of nitrogens with one attached hydrogen (secondary N) is 1. The Bertz CT molecular complexity index is 1650. The van der Waals surface area contributed by atoms with Crippen molar-refractivity contribution in [2.75, 3.05) is 37.7 Å². The van der Waals surface area contributed by atoms with Crippen molar-refractivity contribution in [1.82, 2.24) is 25.2 Å². The second-order valence-electron chi connectivity index (χ2n) is 12.1. The van der Waals surface area contributed by atoms with E-state index in [2.05, 4.69) is 25.1 Å². The van der Waals surface area contributed by atoms with E-state index in [4.69, 9.17) is 21.3 Å². The van der Waals surface area contributed by atoms with Crippen molar-refractivity contribution < 1.29 is 14.2 Å². The molecule has 8 nitrogen and oxygen atoms in total. The Labute approximate surface area is 242 Å². The highest BCUT2D eigenvalue weighted by atomic mass is 35.5. The third-order valence-corrected chi connectivity index (χ3v) is 9.84. The monoisotopic (exact) mass is 574 g/mol. The molecule has 2 unspecified atom stereocenters. The average Bonchev–Trinajstić information content (AvgIpc) is 3.62. The molecule has 4 aromatic rings. The summed E-state index contributed by atoms with van der Waals surface area (Å²) >= 11 is 6.60. The quantitative estimate of drug-likeness (QED) is 0.359. The number of ether oxygens (including phenoxy) is 1. The van der Waals surface area contributed by atoms with Crippen LogP contribution in [0.3, 0.4) is 0 Å². The van der Waals surface area contributed by atoms with Crippen LogP contribution >= 0.6 is 11.6 Å². The molecule has 0 aliphatic carbocycles. The second-order valence-corrected chi connectivity index (χ2v) is 12.5. The number of benzene rings is 2. The van der Waals surface area contributed by atoms with Crippen molar-refractivity contribution in [2.24, 2.45) is 0 Å². The molecule has 41 heavy (non-hydrogen) atoms. The lowest BCUT2D eigenvalue weighted by Gasteiger charge is -2.34. The van der Waals surface area contributed by atoms with E-state index in [0.717, 1.165) is 56.1 Å². The first-order valence-corrected chi connectivity index (χ1v) is 15.0. The van der Waals surface area contributed by atoms with Crippen molar-refractivity contribution in [3.05, 3.63) is 53.4 Å². The summed E-state index contributed by atoms with van der Waals surface area (Å²) in [5.41, 5.74) is 0.785. The zero-order valence-corrected chi connectivity index (χ0v) is 23.4. The summed E-state index contributed by atoms with van der Waals surface area (Å²) in [6.45, 7) is 3.54. The molecule has 4 fully saturated rings. The molecular weight excluding hydrogens is 543 g/mol. The summed E-state index contributed by atoms with van der Waals surface area (Å²) in [7, 11) is 0. The summed E-state index contributed by atoms with van der Waals surface area (Å²) in [6, 6.07) is 12.3. The Balaban J connectivity index is 1.25. The smallest absolute Gasteiger partial charge is 0.319 e. The number of nitrogens with zero attached hydrogens (tertiary/aromatic N) is 5. The number of aliphatic hydroxyl groups excluding tert-OH is 1. The van der Waals surface area contributed by atoms with E-state index < -0.39 is 5.82 Å². The Morgan fingerprint density at radius 1 is 1.10 bits per heavy atom. The van der Waals surface area contributed by atoms with E-state index in [1.54, 1.807) is 6.20 Å². The molecule has 4 saturated heterocycles. The Morgan fingerprint density at radius 2 is 1.90 bits per heavy atom. The van der Waals surface area contributed by atoms with Gasteiger partial charge in [0.2, 0.25) is 0 Å². The third kappa shape index (κ3) is 4.24. The molecule has 8 rings (SSSR count). The molecule has 6 heterocycles. The molecule has 4 atom stereocenters. The van der Waals surface area contributed by atoms with Crippen LogP contribution < -0.4 is 15.0 Å². The van der Waals surface area contributed by atoms with Gasteiger partial charge in [-0.05, 0) is 50.1 Å². The first-order valence-electron chi connectivity index (χ1n) is 14.6. The maximum Gasteiger partial charge on any atom is 0.319 e. The summed E-state index contributed by atoms with van der Waals surface area (Å²) in [5, 5.41) is 16.8. The molecule has 0 radical (unpaired) electrons. The predicted octanol–water partition coefficient (Wildman–Crippen LogP) is 4.56. The maximum absolute atomic E-state index is 16.6. The Kier molecular flexibility index (Phi) is 6.07. The molecule has 0 amide bonds. The van der Waals surface area contributed by atoms with Gasteiger partial charge in [0.15, 0.2) is 5.82 Å². The average molecular weight is 575 g/mol. The second kappa shape index (κ2) is 9.73. The van der Waals surface area contributed by atoms with E-state index in [1.807, 2.05) is 36.4 Å². The fraction of sp³-hybridized carbons (Fsp3) is 0.452. The Hall–Kier alpha value is -3.11. The van der Waals surface area contributed by atoms with E-state index in [0.29, 0.717) is 53.4 Å². The van der Waals surface area contributed by atoms with Crippen LogP contribution in [0.2, 0.25) is 5.02 Å². The lowest BCUT2D eigenvalue weighted by molar-refractivity contribution is 0.107. The number of aromatic nitrogens is 3. The minimum Gasteiger partial charge on any atom is -0.461 e. The predicted molar refractivity (Wildman–Crippen MR) is 157 cm³/mol. The Morgan fingerprint density at radius 3 is 2.73 bits per heavy atom. The summed E-state index contributed by atoms with van der Waals surface area (Å²) in [4.78, 5) is 18.7. The van der Waals surface area contributed by atoms with Crippen molar-refractivity contribution >= 4 is 39.1 Å². The van der Waals surface area contributed by atoms with Crippen LogP contribution in [0.25, 0.3) is 32.9 Å². The number of halogens is 2. The first-order chi connectivity index (χ1) is 20.0. The molecule has 4 aliphatic heterocycles. The van der Waals surface area contributed by atoms with E-state index >= 15 is 4.39 Å². The summed E-state index contributed by atoms with van der Waals surface area (Å²) < 4.78 is 22.9. The van der Waals surface area contributed by atoms with Crippen LogP contribution in [-0.4, -0.2) is 81.5 Å². The molecule has 212 valence electrons. The van der Waals surface area contributed by atoms with Crippen LogP contribution in [0, 0.1) is 5.82 Å². The van der Waals surface area contributed by atoms with Crippen molar-refractivity contribution in [3.8, 4) is 17.3 Å². The summed E-state index contributed by atoms with van der Waals surface area (Å²) in [6.07, 6.45) is 6.26. The van der Waals surface area contributed by atoms with Gasteiger partial charge in [0.25, 0.3) is 0 Å². The van der Waals surface area contributed by atoms with Crippen LogP contribution in [0.1, 0.15) is 32.1 Å².